The Hall–Kier alpha value is -1.89. The second-order valence-corrected chi connectivity index (χ2v) is 5.72. The van der Waals surface area contributed by atoms with E-state index in [0.29, 0.717) is 24.7 Å². The highest BCUT2D eigenvalue weighted by Gasteiger charge is 2.18. The first kappa shape index (κ1) is 13.1. The van der Waals surface area contributed by atoms with Crippen molar-refractivity contribution in [2.45, 2.75) is 25.7 Å². The number of hydrogen-bond acceptors (Lipinski definition) is 6. The molecule has 2 aromatic rings. The summed E-state index contributed by atoms with van der Waals surface area (Å²) >= 11 is 1.73. The maximum absolute atomic E-state index is 10.9. The first-order valence-corrected chi connectivity index (χ1v) is 7.34. The molecule has 6 nitrogen and oxygen atoms in total. The molecule has 1 aliphatic carbocycles. The van der Waals surface area contributed by atoms with Gasteiger partial charge in [-0.25, -0.2) is 4.79 Å². The van der Waals surface area contributed by atoms with E-state index in [0.717, 1.165) is 17.7 Å². The monoisotopic (exact) mass is 293 g/mol. The number of carbonyl (C=O) groups is 1. The molecule has 1 amide bonds. The van der Waals surface area contributed by atoms with Crippen LogP contribution in [-0.4, -0.2) is 29.9 Å². The van der Waals surface area contributed by atoms with Crippen LogP contribution in [0.2, 0.25) is 0 Å². The number of carbonyl (C=O) groups excluding carboxylic acids is 1. The van der Waals surface area contributed by atoms with Crippen molar-refractivity contribution in [2.24, 2.45) is 0 Å². The van der Waals surface area contributed by atoms with Gasteiger partial charge in [0.25, 0.3) is 5.89 Å². The Morgan fingerprint density at radius 3 is 3.20 bits per heavy atom. The van der Waals surface area contributed by atoms with Crippen molar-refractivity contribution in [2.75, 3.05) is 13.7 Å². The largest absolute Gasteiger partial charge is 0.453 e. The van der Waals surface area contributed by atoms with Crippen LogP contribution < -0.4 is 5.32 Å². The van der Waals surface area contributed by atoms with Crippen molar-refractivity contribution < 1.29 is 13.9 Å². The fourth-order valence-corrected chi connectivity index (χ4v) is 3.41. The van der Waals surface area contributed by atoms with Crippen LogP contribution in [-0.2, 0) is 24.0 Å². The van der Waals surface area contributed by atoms with Gasteiger partial charge in [-0.05, 0) is 30.9 Å². The summed E-state index contributed by atoms with van der Waals surface area (Å²) in [6.07, 6.45) is 3.59. The third-order valence-corrected chi connectivity index (χ3v) is 4.44. The van der Waals surface area contributed by atoms with Crippen molar-refractivity contribution in [1.82, 2.24) is 15.5 Å². The lowest BCUT2D eigenvalue weighted by Crippen LogP contribution is -2.25. The average Bonchev–Trinajstić information content (AvgIpc) is 3.12. The van der Waals surface area contributed by atoms with Gasteiger partial charge < -0.3 is 14.5 Å². The topological polar surface area (TPSA) is 77.2 Å². The zero-order valence-corrected chi connectivity index (χ0v) is 12.0. The molecule has 0 radical (unpaired) electrons. The molecule has 7 heteroatoms. The number of thiophene rings is 1. The number of hydrogen-bond donors (Lipinski definition) is 1. The molecule has 0 saturated carbocycles. The fourth-order valence-electron chi connectivity index (χ4n) is 2.23. The molecule has 106 valence electrons. The Morgan fingerprint density at radius 2 is 2.40 bits per heavy atom. The molecule has 0 bridgehead atoms. The van der Waals surface area contributed by atoms with Crippen LogP contribution in [0, 0.1) is 0 Å². The van der Waals surface area contributed by atoms with Crippen LogP contribution in [0.1, 0.15) is 22.8 Å². The molecular weight excluding hydrogens is 278 g/mol. The Balaban J connectivity index is 1.62. The van der Waals surface area contributed by atoms with Crippen LogP contribution in [0.4, 0.5) is 4.79 Å². The fraction of sp³-hybridized carbons (Fsp3) is 0.462. The van der Waals surface area contributed by atoms with E-state index in [-0.39, 0.29) is 0 Å². The summed E-state index contributed by atoms with van der Waals surface area (Å²) in [6, 6.07) is 2.15. The SMILES string of the molecule is COC(=O)NCCc1nnc(-c2cc3c(s2)CCC3)o1. The summed E-state index contributed by atoms with van der Waals surface area (Å²) in [7, 11) is 1.33. The summed E-state index contributed by atoms with van der Waals surface area (Å²) in [6.45, 7) is 0.412. The van der Waals surface area contributed by atoms with Crippen LogP contribution in [0.3, 0.4) is 0 Å². The molecule has 20 heavy (non-hydrogen) atoms. The van der Waals surface area contributed by atoms with Crippen LogP contribution in [0.5, 0.6) is 0 Å². The van der Waals surface area contributed by atoms with Gasteiger partial charge in [0, 0.05) is 17.8 Å². The van der Waals surface area contributed by atoms with E-state index in [1.807, 2.05) is 0 Å². The summed E-state index contributed by atoms with van der Waals surface area (Å²) in [5.74, 6) is 1.09. The lowest BCUT2D eigenvalue weighted by atomic mass is 10.2. The maximum atomic E-state index is 10.9. The average molecular weight is 293 g/mol. The molecule has 3 rings (SSSR count). The molecule has 1 aliphatic rings. The van der Waals surface area contributed by atoms with Crippen molar-refractivity contribution in [3.8, 4) is 10.8 Å². The number of aryl methyl sites for hydroxylation is 2. The second kappa shape index (κ2) is 5.62. The predicted octanol–water partition coefficient (Wildman–Crippen LogP) is 2.19. The van der Waals surface area contributed by atoms with Crippen LogP contribution >= 0.6 is 11.3 Å². The van der Waals surface area contributed by atoms with Gasteiger partial charge in [-0.2, -0.15) is 0 Å². The molecular formula is C13H15N3O3S. The number of rotatable bonds is 4. The Labute approximate surface area is 120 Å². The minimum Gasteiger partial charge on any atom is -0.453 e. The first-order valence-electron chi connectivity index (χ1n) is 6.52. The molecule has 0 fully saturated rings. The Kier molecular flexibility index (Phi) is 3.68. The van der Waals surface area contributed by atoms with E-state index in [1.165, 1.54) is 24.0 Å². The van der Waals surface area contributed by atoms with Crippen LogP contribution in [0.25, 0.3) is 10.8 Å². The molecule has 0 aromatic carbocycles. The highest BCUT2D eigenvalue weighted by atomic mass is 32.1. The number of alkyl carbamates (subject to hydrolysis) is 1. The van der Waals surface area contributed by atoms with Gasteiger partial charge in [-0.3, -0.25) is 0 Å². The zero-order valence-electron chi connectivity index (χ0n) is 11.1. The number of nitrogens with one attached hydrogen (secondary N) is 1. The predicted molar refractivity (Wildman–Crippen MR) is 73.7 cm³/mol. The van der Waals surface area contributed by atoms with E-state index < -0.39 is 6.09 Å². The normalized spacial score (nSPS) is 13.2. The number of methoxy groups -OCH3 is 1. The highest BCUT2D eigenvalue weighted by Crippen LogP contribution is 2.35. The summed E-state index contributed by atoms with van der Waals surface area (Å²) in [5, 5.41) is 10.6. The maximum Gasteiger partial charge on any atom is 0.406 e. The van der Waals surface area contributed by atoms with E-state index in [2.05, 4.69) is 26.3 Å². The Morgan fingerprint density at radius 1 is 1.50 bits per heavy atom. The number of amides is 1. The molecule has 1 N–H and O–H groups in total. The molecule has 0 aliphatic heterocycles. The van der Waals surface area contributed by atoms with Gasteiger partial charge in [0.05, 0.1) is 12.0 Å². The molecule has 2 aromatic heterocycles. The van der Waals surface area contributed by atoms with E-state index in [1.54, 1.807) is 11.3 Å². The third kappa shape index (κ3) is 2.67. The summed E-state index contributed by atoms with van der Waals surface area (Å²) in [4.78, 5) is 13.4. The number of nitrogens with zero attached hydrogens (tertiary/aromatic N) is 2. The molecule has 0 saturated heterocycles. The van der Waals surface area contributed by atoms with Gasteiger partial charge in [0.1, 0.15) is 0 Å². The standard InChI is InChI=1S/C13H15N3O3S/c1-18-13(17)14-6-5-11-15-16-12(19-11)10-7-8-3-2-4-9(8)20-10/h7H,2-6H2,1H3,(H,14,17). The zero-order chi connectivity index (χ0) is 13.9. The van der Waals surface area contributed by atoms with Crippen molar-refractivity contribution in [3.63, 3.8) is 0 Å². The molecule has 0 atom stereocenters. The van der Waals surface area contributed by atoms with E-state index in [4.69, 9.17) is 4.42 Å². The first-order chi connectivity index (χ1) is 9.76. The molecule has 2 heterocycles. The van der Waals surface area contributed by atoms with Gasteiger partial charge >= 0.3 is 6.09 Å². The van der Waals surface area contributed by atoms with Gasteiger partial charge in [0.2, 0.25) is 5.89 Å². The quantitative estimate of drug-likeness (QED) is 0.935. The van der Waals surface area contributed by atoms with Gasteiger partial charge in [-0.1, -0.05) is 0 Å². The highest BCUT2D eigenvalue weighted by molar-refractivity contribution is 7.15. The lowest BCUT2D eigenvalue weighted by molar-refractivity contribution is 0.171. The van der Waals surface area contributed by atoms with Gasteiger partial charge in [-0.15, -0.1) is 21.5 Å². The van der Waals surface area contributed by atoms with Crippen molar-refractivity contribution in [3.05, 3.63) is 22.4 Å². The van der Waals surface area contributed by atoms with Gasteiger partial charge in [0.15, 0.2) is 0 Å². The molecule has 0 spiro atoms. The minimum atomic E-state index is -0.459. The lowest BCUT2D eigenvalue weighted by Gasteiger charge is -1.99. The van der Waals surface area contributed by atoms with Crippen LogP contribution in [0.15, 0.2) is 10.5 Å². The second-order valence-electron chi connectivity index (χ2n) is 4.58. The number of fused-ring (bicyclic) bond motifs is 1. The van der Waals surface area contributed by atoms with Crippen molar-refractivity contribution >= 4 is 17.4 Å². The number of aromatic nitrogens is 2. The van der Waals surface area contributed by atoms with E-state index in [9.17, 15) is 4.79 Å². The van der Waals surface area contributed by atoms with E-state index >= 15 is 0 Å². The minimum absolute atomic E-state index is 0.412. The Bertz CT molecular complexity index is 599. The molecule has 0 unspecified atom stereocenters. The number of ether oxygens (including phenoxy) is 1. The third-order valence-electron chi connectivity index (χ3n) is 3.22. The smallest absolute Gasteiger partial charge is 0.406 e. The van der Waals surface area contributed by atoms with Crippen molar-refractivity contribution in [1.29, 1.82) is 0 Å². The summed E-state index contributed by atoms with van der Waals surface area (Å²) in [5.41, 5.74) is 1.41. The summed E-state index contributed by atoms with van der Waals surface area (Å²) < 4.78 is 10.1.